The zero-order valence-electron chi connectivity index (χ0n) is 21.1. The van der Waals surface area contributed by atoms with Gasteiger partial charge in [-0.25, -0.2) is 14.0 Å². The lowest BCUT2D eigenvalue weighted by atomic mass is 10.0. The molecule has 0 aliphatic rings. The van der Waals surface area contributed by atoms with Crippen molar-refractivity contribution >= 4 is 40.6 Å². The van der Waals surface area contributed by atoms with Gasteiger partial charge in [-0.05, 0) is 49.9 Å². The molecule has 2 amide bonds. The minimum absolute atomic E-state index is 0.114. The summed E-state index contributed by atoms with van der Waals surface area (Å²) in [6.07, 6.45) is -1.54. The third-order valence-corrected chi connectivity index (χ3v) is 6.15. The van der Waals surface area contributed by atoms with Crippen LogP contribution >= 0.6 is 11.6 Å². The number of ether oxygens (including phenoxy) is 1. The van der Waals surface area contributed by atoms with E-state index in [2.05, 4.69) is 5.32 Å². The number of nitrogens with one attached hydrogen (secondary N) is 1. The first-order chi connectivity index (χ1) is 18.6. The molecule has 210 valence electrons. The molecule has 2 aromatic carbocycles. The first-order valence-electron chi connectivity index (χ1n) is 12.3. The molecule has 0 radical (unpaired) electrons. The fourth-order valence-corrected chi connectivity index (χ4v) is 4.23. The number of amides is 2. The molecule has 0 saturated heterocycles. The molecule has 12 heteroatoms. The molecule has 1 aromatic heterocycles. The standard InChI is InChI=1S/C27H27ClF4N2O5/c1-2-7-18-22(11-10-17-19(27(30,31)32)16-23(36)39-25(17)18)38-15-5-3-4-12-33-26(37)34(13-14-35)21-9-6-8-20(28)24(21)29/h6,8-11,14,16H,2-5,7,12-13,15H2,1H3,(H,33,37). The number of alkyl halides is 3. The van der Waals surface area contributed by atoms with Gasteiger partial charge in [-0.2, -0.15) is 13.2 Å². The molecule has 0 unspecified atom stereocenters. The number of rotatable bonds is 12. The summed E-state index contributed by atoms with van der Waals surface area (Å²) in [4.78, 5) is 36.3. The second kappa shape index (κ2) is 13.5. The van der Waals surface area contributed by atoms with Crippen molar-refractivity contribution in [3.05, 3.63) is 68.8 Å². The second-order valence-electron chi connectivity index (χ2n) is 8.64. The van der Waals surface area contributed by atoms with Crippen molar-refractivity contribution in [1.82, 2.24) is 5.32 Å². The highest BCUT2D eigenvalue weighted by molar-refractivity contribution is 6.31. The molecule has 39 heavy (non-hydrogen) atoms. The molecule has 7 nitrogen and oxygen atoms in total. The maximum atomic E-state index is 14.3. The molecule has 3 rings (SSSR count). The molecule has 0 atom stereocenters. The van der Waals surface area contributed by atoms with Gasteiger partial charge < -0.3 is 19.3 Å². The largest absolute Gasteiger partial charge is 0.493 e. The normalized spacial score (nSPS) is 11.4. The monoisotopic (exact) mass is 570 g/mol. The van der Waals surface area contributed by atoms with E-state index < -0.39 is 29.2 Å². The Kier molecular flexibility index (Phi) is 10.3. The van der Waals surface area contributed by atoms with E-state index in [1.54, 1.807) is 0 Å². The number of unbranched alkanes of at least 4 members (excludes halogenated alkanes) is 2. The van der Waals surface area contributed by atoms with E-state index in [9.17, 15) is 31.9 Å². The molecular formula is C27H27ClF4N2O5. The van der Waals surface area contributed by atoms with Gasteiger partial charge >= 0.3 is 17.8 Å². The predicted octanol–water partition coefficient (Wildman–Crippen LogP) is 6.52. The Morgan fingerprint density at radius 2 is 1.95 bits per heavy atom. The minimum Gasteiger partial charge on any atom is -0.493 e. The number of anilines is 1. The van der Waals surface area contributed by atoms with E-state index in [1.807, 2.05) is 6.92 Å². The van der Waals surface area contributed by atoms with Crippen LogP contribution in [-0.4, -0.2) is 32.0 Å². The molecule has 0 fully saturated rings. The van der Waals surface area contributed by atoms with Gasteiger partial charge in [0.2, 0.25) is 0 Å². The number of nitrogens with zero attached hydrogens (tertiary/aromatic N) is 1. The lowest BCUT2D eigenvalue weighted by Crippen LogP contribution is -2.42. The number of hydrogen-bond acceptors (Lipinski definition) is 5. The summed E-state index contributed by atoms with van der Waals surface area (Å²) in [5.41, 5.74) is -1.99. The van der Waals surface area contributed by atoms with Gasteiger partial charge in [0, 0.05) is 23.6 Å². The average molecular weight is 571 g/mol. The smallest absolute Gasteiger partial charge is 0.417 e. The van der Waals surface area contributed by atoms with Crippen LogP contribution in [0.15, 0.2) is 45.6 Å². The third kappa shape index (κ3) is 7.50. The average Bonchev–Trinajstić information content (AvgIpc) is 2.88. The summed E-state index contributed by atoms with van der Waals surface area (Å²) in [7, 11) is 0. The van der Waals surface area contributed by atoms with Crippen molar-refractivity contribution < 1.29 is 36.3 Å². The summed E-state index contributed by atoms with van der Waals surface area (Å²) in [5, 5.41) is 2.26. The van der Waals surface area contributed by atoms with Crippen LogP contribution in [0.4, 0.5) is 28.0 Å². The van der Waals surface area contributed by atoms with Crippen LogP contribution < -0.4 is 20.6 Å². The summed E-state index contributed by atoms with van der Waals surface area (Å²) in [6, 6.07) is 6.61. The maximum absolute atomic E-state index is 14.3. The van der Waals surface area contributed by atoms with E-state index in [0.717, 1.165) is 4.90 Å². The van der Waals surface area contributed by atoms with Crippen molar-refractivity contribution in [2.75, 3.05) is 24.6 Å². The Hall–Kier alpha value is -3.60. The molecule has 0 spiro atoms. The molecule has 0 aliphatic heterocycles. The van der Waals surface area contributed by atoms with E-state index in [0.29, 0.717) is 55.8 Å². The Morgan fingerprint density at radius 1 is 1.18 bits per heavy atom. The van der Waals surface area contributed by atoms with E-state index >= 15 is 0 Å². The number of urea groups is 1. The predicted molar refractivity (Wildman–Crippen MR) is 139 cm³/mol. The molecule has 0 saturated carbocycles. The highest BCUT2D eigenvalue weighted by Gasteiger charge is 2.34. The molecule has 0 bridgehead atoms. The van der Waals surface area contributed by atoms with Crippen molar-refractivity contribution in [2.24, 2.45) is 0 Å². The van der Waals surface area contributed by atoms with E-state index in [1.165, 1.54) is 30.3 Å². The maximum Gasteiger partial charge on any atom is 0.417 e. The highest BCUT2D eigenvalue weighted by atomic mass is 35.5. The van der Waals surface area contributed by atoms with Crippen LogP contribution in [0.2, 0.25) is 5.02 Å². The summed E-state index contributed by atoms with van der Waals surface area (Å²) in [6.45, 7) is 1.98. The number of halogens is 5. The van der Waals surface area contributed by atoms with Gasteiger partial charge in [-0.1, -0.05) is 31.0 Å². The van der Waals surface area contributed by atoms with Crippen LogP contribution in [0.5, 0.6) is 5.75 Å². The number of fused-ring (bicyclic) bond motifs is 1. The van der Waals surface area contributed by atoms with Crippen LogP contribution in [0.3, 0.4) is 0 Å². The lowest BCUT2D eigenvalue weighted by Gasteiger charge is -2.21. The second-order valence-corrected chi connectivity index (χ2v) is 9.04. The van der Waals surface area contributed by atoms with Crippen molar-refractivity contribution in [1.29, 1.82) is 0 Å². The zero-order valence-corrected chi connectivity index (χ0v) is 21.8. The van der Waals surface area contributed by atoms with Gasteiger partial charge in [0.05, 0.1) is 29.4 Å². The van der Waals surface area contributed by atoms with Gasteiger partial charge in [0.1, 0.15) is 17.6 Å². The van der Waals surface area contributed by atoms with Crippen LogP contribution in [0.1, 0.15) is 43.7 Å². The Labute approximate surface area is 226 Å². The number of aryl methyl sites for hydroxylation is 1. The number of carbonyl (C=O) groups excluding carboxylic acids is 2. The fourth-order valence-electron chi connectivity index (χ4n) is 4.06. The SMILES string of the molecule is CCCc1c(OCCCCCNC(=O)N(CC=O)c2cccc(Cl)c2F)ccc2c(C(F)(F)F)cc(=O)oc12. The van der Waals surface area contributed by atoms with E-state index in [4.69, 9.17) is 20.8 Å². The molecule has 0 aliphatic carbocycles. The molecular weight excluding hydrogens is 544 g/mol. The lowest BCUT2D eigenvalue weighted by molar-refractivity contribution is -0.136. The summed E-state index contributed by atoms with van der Waals surface area (Å²) >= 11 is 5.77. The first-order valence-corrected chi connectivity index (χ1v) is 12.7. The first kappa shape index (κ1) is 29.9. The van der Waals surface area contributed by atoms with Gasteiger partial charge in [-0.15, -0.1) is 0 Å². The zero-order chi connectivity index (χ0) is 28.6. The van der Waals surface area contributed by atoms with Crippen LogP contribution in [0, 0.1) is 5.82 Å². The molecule has 1 heterocycles. The fraction of sp³-hybridized carbons (Fsp3) is 0.370. The third-order valence-electron chi connectivity index (χ3n) is 5.86. The summed E-state index contributed by atoms with van der Waals surface area (Å²) in [5.74, 6) is -0.466. The van der Waals surface area contributed by atoms with Crippen molar-refractivity contribution in [2.45, 2.75) is 45.2 Å². The number of benzene rings is 2. The number of hydrogen-bond donors (Lipinski definition) is 1. The van der Waals surface area contributed by atoms with Gasteiger partial charge in [0.15, 0.2) is 5.82 Å². The Bertz CT molecular complexity index is 1380. The molecule has 1 N–H and O–H groups in total. The molecule has 3 aromatic rings. The van der Waals surface area contributed by atoms with Gasteiger partial charge in [-0.3, -0.25) is 4.90 Å². The summed E-state index contributed by atoms with van der Waals surface area (Å²) < 4.78 is 65.6. The Morgan fingerprint density at radius 3 is 2.64 bits per heavy atom. The number of aldehydes is 1. The Balaban J connectivity index is 1.56. The van der Waals surface area contributed by atoms with Gasteiger partial charge in [0.25, 0.3) is 0 Å². The van der Waals surface area contributed by atoms with E-state index in [-0.39, 0.29) is 41.4 Å². The minimum atomic E-state index is -4.71. The number of carbonyl (C=O) groups is 2. The van der Waals surface area contributed by atoms with Crippen LogP contribution in [0.25, 0.3) is 11.0 Å². The quantitative estimate of drug-likeness (QED) is 0.116. The van der Waals surface area contributed by atoms with Crippen molar-refractivity contribution in [3.8, 4) is 5.75 Å². The van der Waals surface area contributed by atoms with Crippen LogP contribution in [-0.2, 0) is 17.4 Å². The highest BCUT2D eigenvalue weighted by Crippen LogP contribution is 2.37. The van der Waals surface area contributed by atoms with Crippen molar-refractivity contribution in [3.63, 3.8) is 0 Å². The topological polar surface area (TPSA) is 88.9 Å².